The fourth-order valence-corrected chi connectivity index (χ4v) is 3.97. The van der Waals surface area contributed by atoms with Crippen molar-refractivity contribution < 1.29 is 14.3 Å². The summed E-state index contributed by atoms with van der Waals surface area (Å²) in [5.41, 5.74) is 6.39. The van der Waals surface area contributed by atoms with Crippen LogP contribution in [-0.2, 0) is 4.79 Å². The largest absolute Gasteiger partial charge is 0.497 e. The Kier molecular flexibility index (Phi) is 6.18. The van der Waals surface area contributed by atoms with E-state index in [4.69, 9.17) is 10.5 Å². The molecule has 1 fully saturated rings. The third kappa shape index (κ3) is 4.91. The molecule has 27 heavy (non-hydrogen) atoms. The van der Waals surface area contributed by atoms with Crippen LogP contribution in [0, 0.1) is 0 Å². The van der Waals surface area contributed by atoms with Crippen LogP contribution in [-0.4, -0.2) is 50.1 Å². The second-order valence-electron chi connectivity index (χ2n) is 6.35. The monoisotopic (exact) mass is 388 g/mol. The highest BCUT2D eigenvalue weighted by Crippen LogP contribution is 2.24. The van der Waals surface area contributed by atoms with Gasteiger partial charge >= 0.3 is 6.03 Å². The van der Waals surface area contributed by atoms with E-state index in [2.05, 4.69) is 10.2 Å². The van der Waals surface area contributed by atoms with Crippen molar-refractivity contribution in [3.63, 3.8) is 0 Å². The van der Waals surface area contributed by atoms with Gasteiger partial charge in [-0.15, -0.1) is 11.3 Å². The molecular weight excluding hydrogens is 364 g/mol. The van der Waals surface area contributed by atoms with Crippen molar-refractivity contribution in [3.05, 3.63) is 46.7 Å². The fourth-order valence-electron chi connectivity index (χ4n) is 3.19. The summed E-state index contributed by atoms with van der Waals surface area (Å²) >= 11 is 1.50. The number of thiophene rings is 1. The van der Waals surface area contributed by atoms with E-state index < -0.39 is 6.03 Å². The van der Waals surface area contributed by atoms with Crippen LogP contribution >= 0.6 is 11.3 Å². The Labute approximate surface area is 162 Å². The Morgan fingerprint density at radius 3 is 2.44 bits per heavy atom. The standard InChI is InChI=1S/C19H24N4O3S/c1-26-15-6-4-14(5-7-15)22-8-10-23(11-9-22)18(24)13-16(21-19(20)25)17-3-2-12-27-17/h2-7,12,16H,8-11,13H2,1H3,(H3,20,21,25). The number of urea groups is 1. The van der Waals surface area contributed by atoms with Gasteiger partial charge in [-0.1, -0.05) is 6.07 Å². The molecule has 0 spiro atoms. The lowest BCUT2D eigenvalue weighted by atomic mass is 10.1. The number of primary amides is 1. The van der Waals surface area contributed by atoms with Crippen molar-refractivity contribution in [2.45, 2.75) is 12.5 Å². The van der Waals surface area contributed by atoms with Gasteiger partial charge < -0.3 is 25.6 Å². The first-order chi connectivity index (χ1) is 13.1. The summed E-state index contributed by atoms with van der Waals surface area (Å²) in [7, 11) is 1.65. The smallest absolute Gasteiger partial charge is 0.312 e. The van der Waals surface area contributed by atoms with Gasteiger partial charge in [0.1, 0.15) is 5.75 Å². The van der Waals surface area contributed by atoms with E-state index in [9.17, 15) is 9.59 Å². The summed E-state index contributed by atoms with van der Waals surface area (Å²) in [6.45, 7) is 2.84. The maximum Gasteiger partial charge on any atom is 0.312 e. The Bertz CT molecular complexity index is 756. The van der Waals surface area contributed by atoms with E-state index in [-0.39, 0.29) is 18.4 Å². The van der Waals surface area contributed by atoms with Gasteiger partial charge in [0, 0.05) is 36.7 Å². The maximum atomic E-state index is 12.7. The molecule has 3 N–H and O–H groups in total. The van der Waals surface area contributed by atoms with Crippen molar-refractivity contribution in [1.82, 2.24) is 10.2 Å². The molecule has 1 unspecified atom stereocenters. The topological polar surface area (TPSA) is 87.9 Å². The fraction of sp³-hybridized carbons (Fsp3) is 0.368. The van der Waals surface area contributed by atoms with Gasteiger partial charge in [0.05, 0.1) is 19.6 Å². The number of methoxy groups -OCH3 is 1. The van der Waals surface area contributed by atoms with Crippen LogP contribution in [0.1, 0.15) is 17.3 Å². The number of nitrogens with two attached hydrogens (primary N) is 1. The lowest BCUT2D eigenvalue weighted by molar-refractivity contribution is -0.132. The molecule has 1 aliphatic rings. The molecule has 0 aliphatic carbocycles. The minimum absolute atomic E-state index is 0.0246. The number of amides is 3. The number of nitrogens with zero attached hydrogens (tertiary/aromatic N) is 2. The van der Waals surface area contributed by atoms with Crippen molar-refractivity contribution >= 4 is 29.0 Å². The molecule has 1 aromatic heterocycles. The average molecular weight is 388 g/mol. The number of carbonyl (C=O) groups is 2. The number of ether oxygens (including phenoxy) is 1. The third-order valence-corrected chi connectivity index (χ3v) is 5.64. The van der Waals surface area contributed by atoms with Crippen LogP contribution in [0.3, 0.4) is 0 Å². The zero-order valence-corrected chi connectivity index (χ0v) is 16.1. The predicted octanol–water partition coefficient (Wildman–Crippen LogP) is 2.20. The quantitative estimate of drug-likeness (QED) is 0.794. The lowest BCUT2D eigenvalue weighted by Crippen LogP contribution is -2.49. The SMILES string of the molecule is COc1ccc(N2CCN(C(=O)CC(NC(N)=O)c3cccs3)CC2)cc1. The highest BCUT2D eigenvalue weighted by atomic mass is 32.1. The summed E-state index contributed by atoms with van der Waals surface area (Å²) in [6, 6.07) is 10.7. The number of hydrogen-bond donors (Lipinski definition) is 2. The molecule has 2 heterocycles. The van der Waals surface area contributed by atoms with E-state index in [1.807, 2.05) is 46.7 Å². The summed E-state index contributed by atoms with van der Waals surface area (Å²) < 4.78 is 5.19. The molecule has 144 valence electrons. The molecule has 0 radical (unpaired) electrons. The number of rotatable bonds is 6. The molecular formula is C19H24N4O3S. The minimum atomic E-state index is -0.620. The van der Waals surface area contributed by atoms with Gasteiger partial charge in [-0.05, 0) is 35.7 Å². The van der Waals surface area contributed by atoms with Crippen LogP contribution in [0.15, 0.2) is 41.8 Å². The number of piperazine rings is 1. The highest BCUT2D eigenvalue weighted by Gasteiger charge is 2.25. The molecule has 7 nitrogen and oxygen atoms in total. The second kappa shape index (κ2) is 8.77. The number of anilines is 1. The molecule has 1 atom stereocenters. The van der Waals surface area contributed by atoms with E-state index >= 15 is 0 Å². The molecule has 1 saturated heterocycles. The maximum absolute atomic E-state index is 12.7. The molecule has 8 heteroatoms. The Morgan fingerprint density at radius 1 is 1.19 bits per heavy atom. The van der Waals surface area contributed by atoms with E-state index in [0.717, 1.165) is 29.4 Å². The van der Waals surface area contributed by atoms with Gasteiger partial charge in [-0.3, -0.25) is 4.79 Å². The number of carbonyl (C=O) groups excluding carboxylic acids is 2. The van der Waals surface area contributed by atoms with E-state index in [0.29, 0.717) is 13.1 Å². The first-order valence-corrected chi connectivity index (χ1v) is 9.71. The van der Waals surface area contributed by atoms with E-state index in [1.165, 1.54) is 11.3 Å². The Balaban J connectivity index is 1.56. The van der Waals surface area contributed by atoms with Gasteiger partial charge in [0.25, 0.3) is 0 Å². The van der Waals surface area contributed by atoms with E-state index in [1.54, 1.807) is 7.11 Å². The van der Waals surface area contributed by atoms with Gasteiger partial charge in [-0.2, -0.15) is 0 Å². The van der Waals surface area contributed by atoms with Crippen molar-refractivity contribution in [3.8, 4) is 5.75 Å². The highest BCUT2D eigenvalue weighted by molar-refractivity contribution is 7.10. The average Bonchev–Trinajstić information content (AvgIpc) is 3.22. The summed E-state index contributed by atoms with van der Waals surface area (Å²) in [5.74, 6) is 0.852. The molecule has 0 bridgehead atoms. The zero-order chi connectivity index (χ0) is 19.2. The molecule has 3 amide bonds. The first kappa shape index (κ1) is 19.0. The van der Waals surface area contributed by atoms with Crippen molar-refractivity contribution in [2.24, 2.45) is 5.73 Å². The summed E-state index contributed by atoms with van der Waals surface area (Å²) in [6.07, 6.45) is 0.214. The minimum Gasteiger partial charge on any atom is -0.497 e. The van der Waals surface area contributed by atoms with Crippen LogP contribution in [0.5, 0.6) is 5.75 Å². The van der Waals surface area contributed by atoms with Gasteiger partial charge in [-0.25, -0.2) is 4.79 Å². The summed E-state index contributed by atoms with van der Waals surface area (Å²) in [5, 5.41) is 4.60. The molecule has 3 rings (SSSR count). The molecule has 2 aromatic rings. The van der Waals surface area contributed by atoms with Gasteiger partial charge in [0.15, 0.2) is 0 Å². The van der Waals surface area contributed by atoms with Crippen molar-refractivity contribution in [1.29, 1.82) is 0 Å². The number of nitrogens with one attached hydrogen (secondary N) is 1. The Hall–Kier alpha value is -2.74. The first-order valence-electron chi connectivity index (χ1n) is 8.83. The number of benzene rings is 1. The summed E-state index contributed by atoms with van der Waals surface area (Å²) in [4.78, 5) is 29.0. The molecule has 1 aromatic carbocycles. The lowest BCUT2D eigenvalue weighted by Gasteiger charge is -2.36. The predicted molar refractivity (Wildman–Crippen MR) is 106 cm³/mol. The molecule has 0 saturated carbocycles. The second-order valence-corrected chi connectivity index (χ2v) is 7.33. The normalized spacial score (nSPS) is 15.3. The zero-order valence-electron chi connectivity index (χ0n) is 15.3. The van der Waals surface area contributed by atoms with Crippen LogP contribution in [0.2, 0.25) is 0 Å². The van der Waals surface area contributed by atoms with Gasteiger partial charge in [0.2, 0.25) is 5.91 Å². The molecule has 1 aliphatic heterocycles. The number of hydrogen-bond acceptors (Lipinski definition) is 5. The van der Waals surface area contributed by atoms with Crippen LogP contribution in [0.25, 0.3) is 0 Å². The van der Waals surface area contributed by atoms with Crippen molar-refractivity contribution in [2.75, 3.05) is 38.2 Å². The van der Waals surface area contributed by atoms with Crippen LogP contribution < -0.4 is 20.7 Å². The van der Waals surface area contributed by atoms with Crippen LogP contribution in [0.4, 0.5) is 10.5 Å². The third-order valence-electron chi connectivity index (χ3n) is 4.65. The Morgan fingerprint density at radius 2 is 1.89 bits per heavy atom.